The Kier molecular flexibility index (Phi) is 9.85. The van der Waals surface area contributed by atoms with Crippen LogP contribution in [0, 0.1) is 11.8 Å². The number of benzene rings is 9. The summed E-state index contributed by atoms with van der Waals surface area (Å²) in [5.74, 6) is 1.06. The van der Waals surface area contributed by atoms with Gasteiger partial charge in [-0.1, -0.05) is 198 Å². The summed E-state index contributed by atoms with van der Waals surface area (Å²) in [4.78, 5) is 2.47. The Morgan fingerprint density at radius 2 is 1.14 bits per heavy atom. The van der Waals surface area contributed by atoms with Gasteiger partial charge in [0.2, 0.25) is 0 Å². The number of anilines is 3. The fraction of sp³-hybridized carbons (Fsp3) is 0.165. The van der Waals surface area contributed by atoms with Crippen LogP contribution in [0.5, 0.6) is 0 Å². The van der Waals surface area contributed by atoms with Crippen LogP contribution in [0.15, 0.2) is 254 Å². The van der Waals surface area contributed by atoms with Crippen LogP contribution < -0.4 is 4.90 Å². The van der Waals surface area contributed by atoms with Crippen LogP contribution in [-0.4, -0.2) is 4.57 Å². The van der Waals surface area contributed by atoms with Gasteiger partial charge in [0.15, 0.2) is 0 Å². The van der Waals surface area contributed by atoms with E-state index in [9.17, 15) is 0 Å². The van der Waals surface area contributed by atoms with Crippen molar-refractivity contribution in [2.24, 2.45) is 11.8 Å². The fourth-order valence-electron chi connectivity index (χ4n) is 16.7. The minimum atomic E-state index is -0.266. The van der Waals surface area contributed by atoms with Crippen molar-refractivity contribution in [2.45, 2.75) is 69.1 Å². The van der Waals surface area contributed by atoms with E-state index < -0.39 is 0 Å². The van der Waals surface area contributed by atoms with E-state index in [2.05, 4.69) is 286 Å². The number of hydrogen-bond donors (Lipinski definition) is 0. The van der Waals surface area contributed by atoms with Crippen molar-refractivity contribution in [1.82, 2.24) is 4.57 Å². The smallest absolute Gasteiger partial charge is 0.0541 e. The topological polar surface area (TPSA) is 8.17 Å². The Labute approximate surface area is 475 Å². The Bertz CT molecular complexity index is 4560. The van der Waals surface area contributed by atoms with Crippen LogP contribution in [0.25, 0.3) is 66.5 Å². The fourth-order valence-corrected chi connectivity index (χ4v) is 16.7. The molecule has 0 N–H and O–H groups in total. The molecule has 2 nitrogen and oxygen atoms in total. The summed E-state index contributed by atoms with van der Waals surface area (Å²) in [6, 6.07) is 76.7. The van der Waals surface area contributed by atoms with Crippen molar-refractivity contribution in [2.75, 3.05) is 4.90 Å². The molecule has 9 aromatic carbocycles. The number of para-hydroxylation sites is 1. The molecule has 1 aromatic heterocycles. The molecule has 0 bridgehead atoms. The second kappa shape index (κ2) is 17.0. The molecule has 7 aliphatic carbocycles. The average molecular weight is 1040 g/mol. The van der Waals surface area contributed by atoms with Gasteiger partial charge in [-0.25, -0.2) is 0 Å². The van der Waals surface area contributed by atoms with Crippen molar-refractivity contribution < 1.29 is 0 Å². The maximum absolute atomic E-state index is 2.56. The minimum absolute atomic E-state index is 0.0537. The maximum atomic E-state index is 2.56. The lowest BCUT2D eigenvalue weighted by Crippen LogP contribution is -2.34. The molecule has 81 heavy (non-hydrogen) atoms. The average Bonchev–Trinajstić information content (AvgIpc) is 4.44. The van der Waals surface area contributed by atoms with Gasteiger partial charge in [-0.2, -0.15) is 0 Å². The van der Waals surface area contributed by atoms with Gasteiger partial charge in [-0.15, -0.1) is 0 Å². The van der Waals surface area contributed by atoms with Gasteiger partial charge in [0.25, 0.3) is 0 Å². The quantitative estimate of drug-likeness (QED) is 0.161. The van der Waals surface area contributed by atoms with Crippen LogP contribution in [0.2, 0.25) is 0 Å². The third-order valence-electron chi connectivity index (χ3n) is 20.5. The van der Waals surface area contributed by atoms with E-state index >= 15 is 0 Å². The zero-order valence-electron chi connectivity index (χ0n) is 46.4. The zero-order valence-corrected chi connectivity index (χ0v) is 46.4. The molecule has 0 aliphatic heterocycles. The van der Waals surface area contributed by atoms with Gasteiger partial charge in [-0.05, 0) is 204 Å². The van der Waals surface area contributed by atoms with Gasteiger partial charge in [0, 0.05) is 50.8 Å². The van der Waals surface area contributed by atoms with E-state index in [0.29, 0.717) is 17.8 Å². The van der Waals surface area contributed by atoms with Gasteiger partial charge < -0.3 is 9.47 Å². The van der Waals surface area contributed by atoms with Crippen LogP contribution in [0.4, 0.5) is 17.1 Å². The van der Waals surface area contributed by atoms with E-state index in [4.69, 9.17) is 0 Å². The lowest BCUT2D eigenvalue weighted by atomic mass is 9.64. The molecule has 4 atom stereocenters. The SMILES string of the molecule is CC1(C)c2ccccc2-c2ccc(-c3ccc4c(c3)c3cc(C5=CC=C6c7ccccc7C(C)(C)C6C5)ccc3n4-c3ccc(N(c4ccccc4)c4ccc5c(c4)C4(C6=C5CCC=C6)c5ccccc5C5C=CC=CC54)cc3)cc21. The molecule has 10 aromatic rings. The number of hydrogen-bond acceptors (Lipinski definition) is 1. The highest BCUT2D eigenvalue weighted by Gasteiger charge is 2.57. The standard InChI is InChI=1S/C79H62N2/c1-77(2)67-25-13-8-20-57(67)62-39-30-51(46-72(62)77)49-32-42-75-65(44-49)66-45-50(52-31-40-63-58-21-9-14-26-68(58)78(3,4)73(63)47-52)33-43-76(66)81(75)55-36-34-54(35-37-55)80(53-18-6-5-7-19-53)56-38-41-64-61-24-12-17-29-71(61)79(74(64)48-56)69-27-15-10-22-59(69)60-23-11-16-28-70(60)79/h5-11,13-23,25-46,48,59,69,73H,12,24,47H2,1-4H3. The number of fused-ring (bicyclic) bond motifs is 18. The van der Waals surface area contributed by atoms with E-state index in [1.807, 2.05) is 0 Å². The van der Waals surface area contributed by atoms with Crippen LogP contribution in [0.3, 0.4) is 0 Å². The van der Waals surface area contributed by atoms with Crippen LogP contribution >= 0.6 is 0 Å². The largest absolute Gasteiger partial charge is 0.310 e. The van der Waals surface area contributed by atoms with Crippen LogP contribution in [0.1, 0.15) is 103 Å². The number of allylic oxidation sites excluding steroid dienone is 12. The molecule has 7 aliphatic rings. The predicted octanol–water partition coefficient (Wildman–Crippen LogP) is 20.2. The first-order valence-electron chi connectivity index (χ1n) is 29.5. The van der Waals surface area contributed by atoms with Crippen molar-refractivity contribution >= 4 is 55.6 Å². The Morgan fingerprint density at radius 1 is 0.494 bits per heavy atom. The molecule has 0 amide bonds. The van der Waals surface area contributed by atoms with Gasteiger partial charge in [0.05, 0.1) is 16.4 Å². The van der Waals surface area contributed by atoms with Crippen molar-refractivity contribution in [3.63, 3.8) is 0 Å². The molecule has 0 radical (unpaired) electrons. The zero-order chi connectivity index (χ0) is 53.9. The van der Waals surface area contributed by atoms with Gasteiger partial charge in [0.1, 0.15) is 0 Å². The first-order valence-corrected chi connectivity index (χ1v) is 29.5. The number of aromatic nitrogens is 1. The molecule has 17 rings (SSSR count). The van der Waals surface area contributed by atoms with Crippen molar-refractivity contribution in [1.29, 1.82) is 0 Å². The van der Waals surface area contributed by atoms with Gasteiger partial charge in [-0.3, -0.25) is 0 Å². The maximum Gasteiger partial charge on any atom is 0.0541 e. The highest BCUT2D eigenvalue weighted by atomic mass is 15.1. The molecule has 1 spiro atoms. The molecule has 388 valence electrons. The van der Waals surface area contributed by atoms with Crippen LogP contribution in [-0.2, 0) is 16.2 Å². The summed E-state index contributed by atoms with van der Waals surface area (Å²) in [5, 5.41) is 2.54. The Balaban J connectivity index is 0.802. The van der Waals surface area contributed by atoms with E-state index in [0.717, 1.165) is 36.3 Å². The molecular weight excluding hydrogens is 977 g/mol. The van der Waals surface area contributed by atoms with Crippen molar-refractivity contribution in [3.8, 4) is 27.9 Å². The summed E-state index contributed by atoms with van der Waals surface area (Å²) >= 11 is 0. The summed E-state index contributed by atoms with van der Waals surface area (Å²) in [7, 11) is 0. The molecule has 4 unspecified atom stereocenters. The van der Waals surface area contributed by atoms with E-state index in [1.54, 1.807) is 0 Å². The lowest BCUT2D eigenvalue weighted by Gasteiger charge is -2.38. The van der Waals surface area contributed by atoms with Crippen molar-refractivity contribution in [3.05, 3.63) is 304 Å². The lowest BCUT2D eigenvalue weighted by molar-refractivity contribution is 0.418. The molecule has 0 saturated carbocycles. The van der Waals surface area contributed by atoms with E-state index in [-0.39, 0.29) is 16.2 Å². The molecule has 0 saturated heterocycles. The summed E-state index contributed by atoms with van der Waals surface area (Å²) in [6.45, 7) is 9.65. The molecule has 0 fully saturated rings. The summed E-state index contributed by atoms with van der Waals surface area (Å²) in [5.41, 5.74) is 30.6. The predicted molar refractivity (Wildman–Crippen MR) is 339 cm³/mol. The first kappa shape index (κ1) is 46.9. The normalized spacial score (nSPS) is 21.5. The number of nitrogens with zero attached hydrogens (tertiary/aromatic N) is 2. The molecular formula is C79H62N2. The summed E-state index contributed by atoms with van der Waals surface area (Å²) < 4.78 is 2.50. The third-order valence-corrected chi connectivity index (χ3v) is 20.5. The Hall–Kier alpha value is -8.98. The third kappa shape index (κ3) is 6.45. The Morgan fingerprint density at radius 3 is 1.96 bits per heavy atom. The second-order valence-corrected chi connectivity index (χ2v) is 25.0. The monoisotopic (exact) mass is 1040 g/mol. The molecule has 2 heteroatoms. The summed E-state index contributed by atoms with van der Waals surface area (Å²) in [6.07, 6.45) is 22.4. The number of rotatable bonds is 6. The first-order chi connectivity index (χ1) is 39.7. The van der Waals surface area contributed by atoms with E-state index in [1.165, 1.54) is 122 Å². The second-order valence-electron chi connectivity index (χ2n) is 25.0. The minimum Gasteiger partial charge on any atom is -0.310 e. The van der Waals surface area contributed by atoms with Gasteiger partial charge >= 0.3 is 0 Å². The highest BCUT2D eigenvalue weighted by Crippen LogP contribution is 2.66. The molecule has 1 heterocycles. The highest BCUT2D eigenvalue weighted by molar-refractivity contribution is 6.11.